The molecule has 18 heavy (non-hydrogen) atoms. The molecular formula is C14H16N4. The highest BCUT2D eigenvalue weighted by Gasteiger charge is 2.02. The molecule has 1 aromatic carbocycles. The Hall–Kier alpha value is -2.28. The minimum atomic E-state index is 0.681. The van der Waals surface area contributed by atoms with Crippen LogP contribution in [-0.2, 0) is 13.5 Å². The Morgan fingerprint density at radius 3 is 2.94 bits per heavy atom. The first kappa shape index (κ1) is 12.2. The van der Waals surface area contributed by atoms with E-state index in [9.17, 15) is 0 Å². The Balaban J connectivity index is 1.98. The third-order valence-corrected chi connectivity index (χ3v) is 2.95. The molecule has 1 N–H and O–H groups in total. The first-order valence-corrected chi connectivity index (χ1v) is 5.91. The van der Waals surface area contributed by atoms with Crippen molar-refractivity contribution in [1.82, 2.24) is 9.55 Å². The fourth-order valence-electron chi connectivity index (χ4n) is 1.83. The number of hydrogen-bond donors (Lipinski definition) is 1. The zero-order valence-electron chi connectivity index (χ0n) is 10.6. The van der Waals surface area contributed by atoms with Gasteiger partial charge in [0.05, 0.1) is 11.6 Å². The maximum Gasteiger partial charge on any atom is 0.110 e. The van der Waals surface area contributed by atoms with Crippen LogP contribution >= 0.6 is 0 Å². The van der Waals surface area contributed by atoms with Gasteiger partial charge >= 0.3 is 0 Å². The number of nitrogens with zero attached hydrogens (tertiary/aromatic N) is 3. The van der Waals surface area contributed by atoms with E-state index in [0.29, 0.717) is 5.56 Å². The highest BCUT2D eigenvalue weighted by molar-refractivity contribution is 5.55. The second-order valence-electron chi connectivity index (χ2n) is 4.27. The van der Waals surface area contributed by atoms with E-state index in [1.54, 1.807) is 6.20 Å². The van der Waals surface area contributed by atoms with Crippen LogP contribution in [0, 0.1) is 18.3 Å². The van der Waals surface area contributed by atoms with Crippen LogP contribution < -0.4 is 5.32 Å². The average Bonchev–Trinajstić information content (AvgIpc) is 2.77. The van der Waals surface area contributed by atoms with Crippen LogP contribution in [0.25, 0.3) is 0 Å². The molecule has 92 valence electrons. The summed E-state index contributed by atoms with van der Waals surface area (Å²) in [4.78, 5) is 4.27. The van der Waals surface area contributed by atoms with E-state index in [-0.39, 0.29) is 0 Å². The van der Waals surface area contributed by atoms with Crippen LogP contribution in [0.1, 0.15) is 17.0 Å². The monoisotopic (exact) mass is 240 g/mol. The number of rotatable bonds is 4. The SMILES string of the molecule is Cc1ccc(C#N)cc1NCCc1nccn1C. The van der Waals surface area contributed by atoms with Gasteiger partial charge in [-0.3, -0.25) is 0 Å². The topological polar surface area (TPSA) is 53.6 Å². The average molecular weight is 240 g/mol. The van der Waals surface area contributed by atoms with Crippen molar-refractivity contribution in [3.63, 3.8) is 0 Å². The molecule has 0 saturated heterocycles. The summed E-state index contributed by atoms with van der Waals surface area (Å²) in [7, 11) is 1.99. The summed E-state index contributed by atoms with van der Waals surface area (Å²) < 4.78 is 2.01. The van der Waals surface area contributed by atoms with Gasteiger partial charge in [0.25, 0.3) is 0 Å². The molecule has 0 saturated carbocycles. The zero-order valence-corrected chi connectivity index (χ0v) is 10.6. The van der Waals surface area contributed by atoms with Crippen LogP contribution in [-0.4, -0.2) is 16.1 Å². The van der Waals surface area contributed by atoms with Gasteiger partial charge in [0.1, 0.15) is 5.82 Å². The second kappa shape index (κ2) is 5.37. The molecule has 0 aliphatic heterocycles. The number of nitriles is 1. The predicted octanol–water partition coefficient (Wildman–Crippen LogP) is 2.25. The molecule has 0 unspecified atom stereocenters. The van der Waals surface area contributed by atoms with Crippen LogP contribution in [0.3, 0.4) is 0 Å². The number of imidazole rings is 1. The molecule has 0 aliphatic carbocycles. The van der Waals surface area contributed by atoms with Crippen LogP contribution in [0.4, 0.5) is 5.69 Å². The number of aromatic nitrogens is 2. The van der Waals surface area contributed by atoms with Crippen molar-refractivity contribution in [2.45, 2.75) is 13.3 Å². The second-order valence-corrected chi connectivity index (χ2v) is 4.27. The fourth-order valence-corrected chi connectivity index (χ4v) is 1.83. The molecule has 1 heterocycles. The minimum Gasteiger partial charge on any atom is -0.384 e. The van der Waals surface area contributed by atoms with Crippen molar-refractivity contribution in [1.29, 1.82) is 5.26 Å². The number of anilines is 1. The molecule has 2 rings (SSSR count). The summed E-state index contributed by atoms with van der Waals surface area (Å²) in [5.41, 5.74) is 2.84. The largest absolute Gasteiger partial charge is 0.384 e. The molecule has 4 heteroatoms. The van der Waals surface area contributed by atoms with E-state index >= 15 is 0 Å². The fraction of sp³-hybridized carbons (Fsp3) is 0.286. The van der Waals surface area contributed by atoms with Gasteiger partial charge in [-0.05, 0) is 24.6 Å². The van der Waals surface area contributed by atoms with Gasteiger partial charge in [-0.1, -0.05) is 6.07 Å². The van der Waals surface area contributed by atoms with Crippen LogP contribution in [0.5, 0.6) is 0 Å². The van der Waals surface area contributed by atoms with E-state index in [1.807, 2.05) is 42.9 Å². The van der Waals surface area contributed by atoms with Crippen molar-refractivity contribution in [2.24, 2.45) is 7.05 Å². The quantitative estimate of drug-likeness (QED) is 0.891. The number of nitrogens with one attached hydrogen (secondary N) is 1. The van der Waals surface area contributed by atoms with Gasteiger partial charge < -0.3 is 9.88 Å². The lowest BCUT2D eigenvalue weighted by Crippen LogP contribution is -2.09. The summed E-state index contributed by atoms with van der Waals surface area (Å²) in [6.45, 7) is 2.84. The van der Waals surface area contributed by atoms with Gasteiger partial charge in [0.2, 0.25) is 0 Å². The summed E-state index contributed by atoms with van der Waals surface area (Å²) in [6.07, 6.45) is 4.60. The lowest BCUT2D eigenvalue weighted by molar-refractivity contribution is 0.789. The summed E-state index contributed by atoms with van der Waals surface area (Å²) in [6, 6.07) is 7.83. The molecule has 0 radical (unpaired) electrons. The molecule has 0 spiro atoms. The molecule has 0 atom stereocenters. The van der Waals surface area contributed by atoms with Crippen molar-refractivity contribution >= 4 is 5.69 Å². The molecular weight excluding hydrogens is 224 g/mol. The summed E-state index contributed by atoms with van der Waals surface area (Å²) >= 11 is 0. The van der Waals surface area contributed by atoms with E-state index in [2.05, 4.69) is 16.4 Å². The van der Waals surface area contributed by atoms with Crippen LogP contribution in [0.15, 0.2) is 30.6 Å². The van der Waals surface area contributed by atoms with E-state index in [4.69, 9.17) is 5.26 Å². The molecule has 4 nitrogen and oxygen atoms in total. The Kier molecular flexibility index (Phi) is 3.63. The van der Waals surface area contributed by atoms with E-state index < -0.39 is 0 Å². The van der Waals surface area contributed by atoms with E-state index in [1.165, 1.54) is 0 Å². The van der Waals surface area contributed by atoms with Crippen molar-refractivity contribution in [2.75, 3.05) is 11.9 Å². The Morgan fingerprint density at radius 1 is 1.44 bits per heavy atom. The van der Waals surface area contributed by atoms with Gasteiger partial charge in [0.15, 0.2) is 0 Å². The molecule has 0 aliphatic rings. The Bertz CT molecular complexity index is 578. The molecule has 2 aromatic rings. The Morgan fingerprint density at radius 2 is 2.28 bits per heavy atom. The normalized spacial score (nSPS) is 10.1. The standard InChI is InChI=1S/C14H16N4/c1-11-3-4-12(10-15)9-13(11)16-6-5-14-17-7-8-18(14)2/h3-4,7-9,16H,5-6H2,1-2H3. The van der Waals surface area contributed by atoms with Crippen molar-refractivity contribution < 1.29 is 0 Å². The third kappa shape index (κ3) is 2.69. The molecule has 0 fully saturated rings. The highest BCUT2D eigenvalue weighted by Crippen LogP contribution is 2.16. The van der Waals surface area contributed by atoms with Crippen molar-refractivity contribution in [3.05, 3.63) is 47.5 Å². The van der Waals surface area contributed by atoms with Gasteiger partial charge in [-0.15, -0.1) is 0 Å². The van der Waals surface area contributed by atoms with Gasteiger partial charge in [-0.25, -0.2) is 4.98 Å². The van der Waals surface area contributed by atoms with Gasteiger partial charge in [-0.2, -0.15) is 5.26 Å². The Labute approximate surface area is 107 Å². The smallest absolute Gasteiger partial charge is 0.110 e. The first-order chi connectivity index (χ1) is 8.70. The van der Waals surface area contributed by atoms with Gasteiger partial charge in [0, 0.05) is 38.1 Å². The molecule has 1 aromatic heterocycles. The number of aryl methyl sites for hydroxylation is 2. The number of benzene rings is 1. The number of hydrogen-bond acceptors (Lipinski definition) is 3. The summed E-state index contributed by atoms with van der Waals surface area (Å²) in [5, 5.41) is 12.2. The first-order valence-electron chi connectivity index (χ1n) is 5.91. The molecule has 0 bridgehead atoms. The predicted molar refractivity (Wildman–Crippen MR) is 71.3 cm³/mol. The lowest BCUT2D eigenvalue weighted by Gasteiger charge is -2.09. The summed E-state index contributed by atoms with van der Waals surface area (Å²) in [5.74, 6) is 1.05. The third-order valence-electron chi connectivity index (χ3n) is 2.95. The maximum atomic E-state index is 8.87. The maximum absolute atomic E-state index is 8.87. The van der Waals surface area contributed by atoms with Crippen LogP contribution in [0.2, 0.25) is 0 Å². The lowest BCUT2D eigenvalue weighted by atomic mass is 10.1. The van der Waals surface area contributed by atoms with E-state index in [0.717, 1.165) is 30.0 Å². The highest BCUT2D eigenvalue weighted by atomic mass is 15.0. The molecule has 0 amide bonds. The van der Waals surface area contributed by atoms with Crippen molar-refractivity contribution in [3.8, 4) is 6.07 Å². The zero-order chi connectivity index (χ0) is 13.0. The minimum absolute atomic E-state index is 0.681.